The van der Waals surface area contributed by atoms with Crippen molar-refractivity contribution in [3.8, 4) is 17.6 Å². The number of carboxylic acid groups (broad SMARTS) is 1. The van der Waals surface area contributed by atoms with Crippen molar-refractivity contribution in [1.82, 2.24) is 51.9 Å². The van der Waals surface area contributed by atoms with Gasteiger partial charge in [-0.25, -0.2) is 19.2 Å². The van der Waals surface area contributed by atoms with E-state index in [4.69, 9.17) is 48.4 Å². The highest BCUT2D eigenvalue weighted by Crippen LogP contribution is 2.52. The van der Waals surface area contributed by atoms with E-state index >= 15 is 0 Å². The van der Waals surface area contributed by atoms with E-state index in [1.165, 1.54) is 50.4 Å². The highest BCUT2D eigenvalue weighted by atomic mass is 16.6. The number of likely N-dealkylation sites (tertiary alicyclic amines) is 1. The molecule has 1 unspecified atom stereocenters. The molecule has 5 rings (SSSR count). The van der Waals surface area contributed by atoms with E-state index in [9.17, 15) is 67.7 Å². The summed E-state index contributed by atoms with van der Waals surface area (Å²) in [6, 6.07) is 7.33. The van der Waals surface area contributed by atoms with Crippen molar-refractivity contribution in [3.63, 3.8) is 0 Å². The van der Waals surface area contributed by atoms with E-state index < -0.39 is 151 Å². The Bertz CT molecular complexity index is 3490. The van der Waals surface area contributed by atoms with Gasteiger partial charge in [0.15, 0.2) is 0 Å². The number of benzene rings is 2. The molecule has 11 amide bonds. The SMILES string of the molecule is CC[C@H](C)[C@@H]([C@@H](CC(=O)N1CCC[C@H]1[C@H](OC)[C@@H](C)C(=O)N[C@H](C)[C@@H](O)c1ccccc1)OC)N(C)C(=O)[C@@H](NC(=O)[C@H](C(C)C)N(C)C(=O)OCc1ccc(OC(=O)[C@H](CCCNC(N)=O)NC(=O)CNC(=O)[C@H](CCC(=O)O)NC(=O)CCOCCOCCOCCOCCNC(=O)OCC2[C@H]3CCC#CCC[C@@H]23)cc1)C(C)C. The summed E-state index contributed by atoms with van der Waals surface area (Å²) in [4.78, 5) is 164. The Morgan fingerprint density at radius 3 is 1.85 bits per heavy atom. The largest absolute Gasteiger partial charge is 0.481 e. The number of urea groups is 1. The number of carboxylic acids is 1. The maximum absolute atomic E-state index is 14.9. The number of ether oxygens (including phenoxy) is 9. The summed E-state index contributed by atoms with van der Waals surface area (Å²) in [6.45, 7) is 16.2. The van der Waals surface area contributed by atoms with Gasteiger partial charge in [-0.3, -0.25) is 43.3 Å². The summed E-state index contributed by atoms with van der Waals surface area (Å²) in [7, 11) is 6.00. The number of hydrogen-bond donors (Lipinski definition) is 10. The van der Waals surface area contributed by atoms with Crippen molar-refractivity contribution in [2.24, 2.45) is 47.2 Å². The zero-order valence-electron chi connectivity index (χ0n) is 69.5. The minimum absolute atomic E-state index is 0.0126. The van der Waals surface area contributed by atoms with Crippen LogP contribution in [0.2, 0.25) is 0 Å². The van der Waals surface area contributed by atoms with E-state index in [-0.39, 0.29) is 102 Å². The van der Waals surface area contributed by atoms with Gasteiger partial charge in [-0.2, -0.15) is 0 Å². The molecule has 2 aromatic rings. The van der Waals surface area contributed by atoms with Gasteiger partial charge in [-0.15, -0.1) is 11.8 Å². The number of aliphatic carboxylic acids is 1. The quantitative estimate of drug-likeness (QED) is 0.0188. The lowest BCUT2D eigenvalue weighted by atomic mass is 9.89. The van der Waals surface area contributed by atoms with Crippen LogP contribution in [-0.4, -0.2) is 265 Å². The van der Waals surface area contributed by atoms with E-state index in [2.05, 4.69) is 49.1 Å². The number of carbonyl (C=O) groups excluding carboxylic acids is 11. The number of primary amides is 1. The van der Waals surface area contributed by atoms with E-state index in [0.29, 0.717) is 87.7 Å². The molecule has 3 aliphatic rings. The van der Waals surface area contributed by atoms with Crippen LogP contribution in [0.3, 0.4) is 0 Å². The Balaban J connectivity index is 1.05. The van der Waals surface area contributed by atoms with Crippen LogP contribution < -0.4 is 47.7 Å². The van der Waals surface area contributed by atoms with Crippen LogP contribution in [0.1, 0.15) is 156 Å². The van der Waals surface area contributed by atoms with Gasteiger partial charge < -0.3 is 106 Å². The fourth-order valence-electron chi connectivity index (χ4n) is 14.5. The molecule has 0 spiro atoms. The zero-order valence-corrected chi connectivity index (χ0v) is 69.5. The first-order chi connectivity index (χ1) is 55.4. The molecule has 1 saturated heterocycles. The molecular formula is C82H127N11O23. The topological polar surface area (TPSA) is 448 Å². The monoisotopic (exact) mass is 1630 g/mol. The molecule has 2 aliphatic carbocycles. The first kappa shape index (κ1) is 97.3. The normalized spacial score (nSPS) is 18.4. The third kappa shape index (κ3) is 33.0. The highest BCUT2D eigenvalue weighted by Gasteiger charge is 2.50. The van der Waals surface area contributed by atoms with Crippen LogP contribution in [0, 0.1) is 53.3 Å². The van der Waals surface area contributed by atoms with Crippen LogP contribution in [0.4, 0.5) is 14.4 Å². The molecule has 2 aromatic carbocycles. The first-order valence-corrected chi connectivity index (χ1v) is 40.4. The number of carbonyl (C=O) groups is 12. The molecule has 648 valence electrons. The minimum Gasteiger partial charge on any atom is -0.481 e. The molecule has 0 radical (unpaired) electrons. The second kappa shape index (κ2) is 51.8. The predicted molar refractivity (Wildman–Crippen MR) is 425 cm³/mol. The van der Waals surface area contributed by atoms with Crippen molar-refractivity contribution < 1.29 is 110 Å². The van der Waals surface area contributed by atoms with Crippen molar-refractivity contribution in [1.29, 1.82) is 0 Å². The lowest BCUT2D eigenvalue weighted by Gasteiger charge is -2.41. The van der Waals surface area contributed by atoms with Gasteiger partial charge in [0, 0.05) is 73.6 Å². The van der Waals surface area contributed by atoms with Crippen molar-refractivity contribution >= 4 is 71.5 Å². The second-order valence-corrected chi connectivity index (χ2v) is 30.4. The molecule has 34 nitrogen and oxygen atoms in total. The summed E-state index contributed by atoms with van der Waals surface area (Å²) in [5.41, 5.74) is 6.32. The number of rotatable bonds is 53. The Labute approximate surface area is 681 Å². The summed E-state index contributed by atoms with van der Waals surface area (Å²) >= 11 is 0. The highest BCUT2D eigenvalue weighted by molar-refractivity contribution is 5.93. The molecule has 15 atom stereocenters. The maximum atomic E-state index is 14.9. The lowest BCUT2D eigenvalue weighted by Crippen LogP contribution is -2.60. The van der Waals surface area contributed by atoms with Gasteiger partial charge in [0.2, 0.25) is 41.4 Å². The summed E-state index contributed by atoms with van der Waals surface area (Å²) in [5.74, 6) is -0.116. The molecule has 116 heavy (non-hydrogen) atoms. The summed E-state index contributed by atoms with van der Waals surface area (Å²) in [6.07, 6.45) is 0.878. The van der Waals surface area contributed by atoms with Gasteiger partial charge in [0.25, 0.3) is 0 Å². The Kier molecular flexibility index (Phi) is 43.4. The number of aliphatic hydroxyl groups excluding tert-OH is 1. The molecule has 34 heteroatoms. The van der Waals surface area contributed by atoms with Crippen LogP contribution in [0.25, 0.3) is 0 Å². The summed E-state index contributed by atoms with van der Waals surface area (Å²) in [5, 5.41) is 38.7. The van der Waals surface area contributed by atoms with Crippen molar-refractivity contribution in [3.05, 3.63) is 65.7 Å². The van der Waals surface area contributed by atoms with Crippen LogP contribution >= 0.6 is 0 Å². The Morgan fingerprint density at radius 2 is 1.27 bits per heavy atom. The number of likely N-dealkylation sites (N-methyl/N-ethyl adjacent to an activating group) is 2. The Hall–Kier alpha value is -9.24. The lowest BCUT2D eigenvalue weighted by molar-refractivity contribution is -0.148. The van der Waals surface area contributed by atoms with Gasteiger partial charge in [0.1, 0.15) is 36.5 Å². The number of fused-ring (bicyclic) bond motifs is 1. The molecular weight excluding hydrogens is 1510 g/mol. The standard InChI is InChI=1S/C82H127N11O23/c1-13-53(6)72(65(108-11)47-68(96)93-38-22-28-64(93)74(109-12)54(7)75(100)87-55(8)73(99)57-23-17-16-18-24-57)91(9)78(103)70(51(2)3)90-77(102)71(52(4)5)92(10)82(107)115-49-56-29-31-58(32-30-56)116-79(104)63(27-21-36-84-80(83)105)89-67(95)48-86-76(101)62(33-34-69(97)98)88-66(94)35-39-110-41-43-112-45-46-113-44-42-111-40-37-85-81(106)114-50-61-59-25-19-14-15-20-26-60(59)61/h16-18,23-24,29-32,51-55,59-65,70-74,99H,13,19-22,25-28,33-50H2,1-12H3,(H,85,106)(H,86,101)(H,87,100)(H,88,94)(H,89,95)(H,90,102)(H,97,98)(H3,83,84,105)/t53-,54+,55+,59-,60+,61?,62-,63-,64-,65+,70-,71-,72-,73+,74+/m0/s1. The minimum atomic E-state index is -1.37. The molecule has 1 aliphatic heterocycles. The van der Waals surface area contributed by atoms with Crippen LogP contribution in [0.15, 0.2) is 54.6 Å². The Morgan fingerprint density at radius 1 is 0.647 bits per heavy atom. The van der Waals surface area contributed by atoms with Crippen LogP contribution in [-0.2, 0) is 87.7 Å². The summed E-state index contributed by atoms with van der Waals surface area (Å²) < 4.78 is 50.8. The molecule has 11 N–H and O–H groups in total. The fourth-order valence-corrected chi connectivity index (χ4v) is 14.5. The van der Waals surface area contributed by atoms with Crippen molar-refractivity contribution in [2.45, 2.75) is 206 Å². The number of nitrogens with one attached hydrogen (secondary N) is 7. The van der Waals surface area contributed by atoms with Gasteiger partial charge in [0.05, 0.1) is 115 Å². The van der Waals surface area contributed by atoms with E-state index in [1.807, 2.05) is 32.0 Å². The third-order valence-electron chi connectivity index (χ3n) is 21.2. The first-order valence-electron chi connectivity index (χ1n) is 40.4. The zero-order chi connectivity index (χ0) is 85.4. The number of amides is 11. The average molecular weight is 1630 g/mol. The van der Waals surface area contributed by atoms with Gasteiger partial charge in [-0.05, 0) is 111 Å². The van der Waals surface area contributed by atoms with Crippen LogP contribution in [0.5, 0.6) is 5.75 Å². The predicted octanol–water partition coefficient (Wildman–Crippen LogP) is 4.51. The number of methoxy groups -OCH3 is 2. The van der Waals surface area contributed by atoms with Gasteiger partial charge in [-0.1, -0.05) is 97.4 Å². The molecule has 0 aromatic heterocycles. The molecule has 1 heterocycles. The molecule has 0 bridgehead atoms. The third-order valence-corrected chi connectivity index (χ3v) is 21.2. The van der Waals surface area contributed by atoms with E-state index in [0.717, 1.165) is 30.6 Å². The van der Waals surface area contributed by atoms with Crippen molar-refractivity contribution in [2.75, 3.05) is 114 Å². The number of alkyl carbamates (subject to hydrolysis) is 1. The second-order valence-electron chi connectivity index (χ2n) is 30.4. The number of hydrogen-bond acceptors (Lipinski definition) is 22. The van der Waals surface area contributed by atoms with Gasteiger partial charge >= 0.3 is 30.2 Å². The maximum Gasteiger partial charge on any atom is 0.410 e. The number of nitrogens with two attached hydrogens (primary N) is 1. The smallest absolute Gasteiger partial charge is 0.410 e. The number of esters is 1. The average Bonchev–Trinajstić information content (AvgIpc) is 1.61. The fraction of sp³-hybridized carbons (Fsp3) is 0.683. The number of nitrogens with zero attached hydrogens (tertiary/aromatic N) is 3. The van der Waals surface area contributed by atoms with E-state index in [1.54, 1.807) is 65.6 Å². The number of aliphatic hydroxyl groups is 1. The molecule has 2 fully saturated rings. The molecule has 1 saturated carbocycles.